The molecular formula is C24H29F3O6. The molecule has 1 fully saturated rings. The minimum atomic E-state index is -4.50. The number of hydrogen-bond acceptors (Lipinski definition) is 5. The minimum absolute atomic E-state index is 0.00533. The number of aliphatic hydroxyl groups excluding tert-OH is 2. The fourth-order valence-corrected chi connectivity index (χ4v) is 3.63. The average molecular weight is 470 g/mol. The van der Waals surface area contributed by atoms with Crippen molar-refractivity contribution in [1.29, 1.82) is 0 Å². The Morgan fingerprint density at radius 1 is 1.24 bits per heavy atom. The van der Waals surface area contributed by atoms with Crippen LogP contribution in [0.25, 0.3) is 0 Å². The lowest BCUT2D eigenvalue weighted by molar-refractivity contribution is -0.138. The summed E-state index contributed by atoms with van der Waals surface area (Å²) in [5, 5.41) is 39.8. The average Bonchev–Trinajstić information content (AvgIpc) is 2.99. The third-order valence-electron chi connectivity index (χ3n) is 5.41. The zero-order valence-corrected chi connectivity index (χ0v) is 18.2. The number of halogens is 3. The fraction of sp³-hybridized carbons (Fsp3) is 0.500. The molecule has 33 heavy (non-hydrogen) atoms. The van der Waals surface area contributed by atoms with Gasteiger partial charge in [-0.1, -0.05) is 18.2 Å². The minimum Gasteiger partial charge on any atom is -0.490 e. The molecule has 0 radical (unpaired) electrons. The highest BCUT2D eigenvalue weighted by Crippen LogP contribution is 2.37. The molecule has 1 unspecified atom stereocenters. The Morgan fingerprint density at radius 2 is 1.97 bits per heavy atom. The third-order valence-corrected chi connectivity index (χ3v) is 5.41. The van der Waals surface area contributed by atoms with Gasteiger partial charge in [0.2, 0.25) is 0 Å². The second kappa shape index (κ2) is 11.5. The highest BCUT2D eigenvalue weighted by molar-refractivity contribution is 5.66. The SMILES string of the molecule is CC(O)(C=C[C@@H]1[C@@H](CC=C=CCCC(=O)O)[C@@H](O)C[C@H]1O)COc1cccc(C(F)(F)F)c1. The van der Waals surface area contributed by atoms with Crippen LogP contribution in [-0.2, 0) is 11.0 Å². The van der Waals surface area contributed by atoms with Crippen LogP contribution in [-0.4, -0.2) is 50.8 Å². The monoisotopic (exact) mass is 470 g/mol. The Bertz CT molecular complexity index is 886. The largest absolute Gasteiger partial charge is 0.490 e. The molecule has 1 aromatic rings. The molecule has 182 valence electrons. The van der Waals surface area contributed by atoms with Crippen molar-refractivity contribution in [3.63, 3.8) is 0 Å². The number of ether oxygens (including phenoxy) is 1. The molecule has 4 N–H and O–H groups in total. The van der Waals surface area contributed by atoms with Gasteiger partial charge in [-0.2, -0.15) is 13.2 Å². The molecular weight excluding hydrogens is 441 g/mol. The summed E-state index contributed by atoms with van der Waals surface area (Å²) in [6.45, 7) is 1.11. The molecule has 2 rings (SSSR count). The third kappa shape index (κ3) is 8.70. The Balaban J connectivity index is 1.99. The van der Waals surface area contributed by atoms with Gasteiger partial charge in [0.05, 0.1) is 17.8 Å². The number of hydrogen-bond donors (Lipinski definition) is 4. The molecule has 5 atom stereocenters. The summed E-state index contributed by atoms with van der Waals surface area (Å²) in [6.07, 6.45) is 1.04. The molecule has 1 aromatic carbocycles. The van der Waals surface area contributed by atoms with Gasteiger partial charge in [-0.05, 0) is 56.0 Å². The first-order valence-electron chi connectivity index (χ1n) is 10.6. The summed E-state index contributed by atoms with van der Waals surface area (Å²) >= 11 is 0. The highest BCUT2D eigenvalue weighted by atomic mass is 19.4. The van der Waals surface area contributed by atoms with Crippen molar-refractivity contribution in [3.8, 4) is 5.75 Å². The van der Waals surface area contributed by atoms with Gasteiger partial charge in [0.1, 0.15) is 18.0 Å². The summed E-state index contributed by atoms with van der Waals surface area (Å²) in [7, 11) is 0. The summed E-state index contributed by atoms with van der Waals surface area (Å²) in [5.74, 6) is -1.74. The van der Waals surface area contributed by atoms with Crippen LogP contribution < -0.4 is 4.74 Å². The van der Waals surface area contributed by atoms with E-state index < -0.39 is 41.4 Å². The molecule has 0 amide bonds. The van der Waals surface area contributed by atoms with E-state index in [1.807, 2.05) is 0 Å². The van der Waals surface area contributed by atoms with Gasteiger partial charge in [-0.25, -0.2) is 0 Å². The van der Waals surface area contributed by atoms with Crippen LogP contribution in [0.15, 0.2) is 54.3 Å². The van der Waals surface area contributed by atoms with Crippen LogP contribution in [0.4, 0.5) is 13.2 Å². The van der Waals surface area contributed by atoms with Crippen LogP contribution in [0.3, 0.4) is 0 Å². The maximum Gasteiger partial charge on any atom is 0.416 e. The molecule has 0 heterocycles. The van der Waals surface area contributed by atoms with Crippen LogP contribution in [0.2, 0.25) is 0 Å². The molecule has 0 aromatic heterocycles. The van der Waals surface area contributed by atoms with E-state index in [2.05, 4.69) is 5.73 Å². The Morgan fingerprint density at radius 3 is 2.64 bits per heavy atom. The maximum atomic E-state index is 12.8. The lowest BCUT2D eigenvalue weighted by Gasteiger charge is -2.23. The number of aliphatic hydroxyl groups is 3. The van der Waals surface area contributed by atoms with E-state index in [1.165, 1.54) is 25.1 Å². The van der Waals surface area contributed by atoms with E-state index in [1.54, 1.807) is 18.2 Å². The molecule has 6 nitrogen and oxygen atoms in total. The molecule has 0 aliphatic heterocycles. The molecule has 1 aliphatic rings. The first kappa shape index (κ1) is 26.7. The van der Waals surface area contributed by atoms with Gasteiger partial charge in [-0.3, -0.25) is 4.79 Å². The molecule has 9 heteroatoms. The molecule has 0 bridgehead atoms. The summed E-state index contributed by atoms with van der Waals surface area (Å²) < 4.78 is 43.8. The van der Waals surface area contributed by atoms with Crippen molar-refractivity contribution in [1.82, 2.24) is 0 Å². The smallest absolute Gasteiger partial charge is 0.416 e. The van der Waals surface area contributed by atoms with Crippen molar-refractivity contribution >= 4 is 5.97 Å². The molecule has 1 saturated carbocycles. The summed E-state index contributed by atoms with van der Waals surface area (Å²) in [5.41, 5.74) is 0.485. The molecule has 0 saturated heterocycles. The number of aliphatic carboxylic acids is 1. The Labute approximate surface area is 190 Å². The van der Waals surface area contributed by atoms with E-state index in [0.717, 1.165) is 12.1 Å². The predicted molar refractivity (Wildman–Crippen MR) is 114 cm³/mol. The predicted octanol–water partition coefficient (Wildman–Crippen LogP) is 3.72. The van der Waals surface area contributed by atoms with E-state index in [-0.39, 0.29) is 31.1 Å². The maximum absolute atomic E-state index is 12.8. The van der Waals surface area contributed by atoms with Crippen molar-refractivity contribution < 1.29 is 43.1 Å². The highest BCUT2D eigenvalue weighted by Gasteiger charge is 2.39. The topological polar surface area (TPSA) is 107 Å². The number of carboxylic acids is 1. The van der Waals surface area contributed by atoms with Crippen LogP contribution in [0, 0.1) is 11.8 Å². The van der Waals surface area contributed by atoms with Crippen LogP contribution >= 0.6 is 0 Å². The number of rotatable bonds is 10. The zero-order valence-electron chi connectivity index (χ0n) is 18.2. The summed E-state index contributed by atoms with van der Waals surface area (Å²) in [6, 6.07) is 4.35. The van der Waals surface area contributed by atoms with Crippen molar-refractivity contribution in [3.05, 3.63) is 59.9 Å². The van der Waals surface area contributed by atoms with Crippen LogP contribution in [0.5, 0.6) is 5.75 Å². The second-order valence-corrected chi connectivity index (χ2v) is 8.39. The van der Waals surface area contributed by atoms with E-state index >= 15 is 0 Å². The molecule has 0 spiro atoms. The number of alkyl halides is 3. The van der Waals surface area contributed by atoms with Crippen molar-refractivity contribution in [2.45, 2.75) is 56.6 Å². The fourth-order valence-electron chi connectivity index (χ4n) is 3.63. The number of benzene rings is 1. The lowest BCUT2D eigenvalue weighted by Crippen LogP contribution is -2.31. The lowest BCUT2D eigenvalue weighted by atomic mass is 9.89. The second-order valence-electron chi connectivity index (χ2n) is 8.39. The standard InChI is InChI=1S/C24H29F3O6/c1-23(32,15-33-17-8-6-7-16(13-17)24(25,26)27)12-11-19-18(20(28)14-21(19)29)9-4-2-3-5-10-22(30)31/h3-4,6-8,11-13,18-21,28-29,32H,5,9-10,14-15H2,1H3,(H,30,31)/t2?,18-,19-,20+,21-,23?/m1/s1. The Hall–Kier alpha value is -2.58. The first-order chi connectivity index (χ1) is 15.4. The number of allylic oxidation sites excluding steroid dienone is 1. The van der Waals surface area contributed by atoms with Gasteiger partial charge in [0.25, 0.3) is 0 Å². The van der Waals surface area contributed by atoms with Gasteiger partial charge in [-0.15, -0.1) is 5.73 Å². The van der Waals surface area contributed by atoms with Gasteiger partial charge in [0, 0.05) is 18.8 Å². The van der Waals surface area contributed by atoms with Crippen molar-refractivity contribution in [2.75, 3.05) is 6.61 Å². The van der Waals surface area contributed by atoms with Crippen LogP contribution in [0.1, 0.15) is 38.2 Å². The zero-order chi connectivity index (χ0) is 24.6. The number of carbonyl (C=O) groups is 1. The summed E-state index contributed by atoms with van der Waals surface area (Å²) in [4.78, 5) is 10.5. The van der Waals surface area contributed by atoms with Crippen molar-refractivity contribution in [2.24, 2.45) is 11.8 Å². The van der Waals surface area contributed by atoms with E-state index in [4.69, 9.17) is 9.84 Å². The first-order valence-corrected chi connectivity index (χ1v) is 10.6. The molecule has 1 aliphatic carbocycles. The normalized spacial score (nSPS) is 24.8. The van der Waals surface area contributed by atoms with E-state index in [0.29, 0.717) is 12.8 Å². The van der Waals surface area contributed by atoms with Gasteiger partial charge >= 0.3 is 12.1 Å². The van der Waals surface area contributed by atoms with Gasteiger partial charge in [0.15, 0.2) is 0 Å². The van der Waals surface area contributed by atoms with Gasteiger partial charge < -0.3 is 25.2 Å². The quantitative estimate of drug-likeness (QED) is 0.307. The Kier molecular flexibility index (Phi) is 9.31. The van der Waals surface area contributed by atoms with E-state index in [9.17, 15) is 33.3 Å². The number of carboxylic acid groups (broad SMARTS) is 1.